The van der Waals surface area contributed by atoms with E-state index in [2.05, 4.69) is 17.6 Å². The lowest BCUT2D eigenvalue weighted by atomic mass is 9.96. The molecule has 1 saturated carbocycles. The zero-order valence-corrected chi connectivity index (χ0v) is 11.7. The molecule has 2 N–H and O–H groups in total. The molecule has 0 aromatic carbocycles. The molecule has 0 atom stereocenters. The molecule has 18 heavy (non-hydrogen) atoms. The lowest BCUT2D eigenvalue weighted by Crippen LogP contribution is -2.43. The molecule has 4 heteroatoms. The molecule has 0 unspecified atom stereocenters. The van der Waals surface area contributed by atoms with E-state index in [-0.39, 0.29) is 6.03 Å². The maximum absolute atomic E-state index is 11.6. The van der Waals surface area contributed by atoms with Crippen LogP contribution in [0.1, 0.15) is 58.3 Å². The number of hydrogen-bond donors (Lipinski definition) is 2. The van der Waals surface area contributed by atoms with Crippen LogP contribution in [0.5, 0.6) is 0 Å². The molecule has 0 radical (unpaired) electrons. The molecular formula is C14H28N2O2. The Balaban J connectivity index is 1.90. The summed E-state index contributed by atoms with van der Waals surface area (Å²) in [4.78, 5) is 11.6. The third-order valence-electron chi connectivity index (χ3n) is 3.33. The van der Waals surface area contributed by atoms with Crippen LogP contribution in [0.3, 0.4) is 0 Å². The number of amides is 2. The molecule has 1 fully saturated rings. The average molecular weight is 256 g/mol. The number of nitrogens with one attached hydrogen (secondary N) is 2. The fourth-order valence-corrected chi connectivity index (χ4v) is 2.21. The van der Waals surface area contributed by atoms with Crippen molar-refractivity contribution in [2.75, 3.05) is 19.8 Å². The summed E-state index contributed by atoms with van der Waals surface area (Å²) in [5.41, 5.74) is 0. The summed E-state index contributed by atoms with van der Waals surface area (Å²) in [5, 5.41) is 5.93. The monoisotopic (exact) mass is 256 g/mol. The normalized spacial score (nSPS) is 16.5. The van der Waals surface area contributed by atoms with E-state index in [1.54, 1.807) is 0 Å². The maximum Gasteiger partial charge on any atom is 0.315 e. The highest BCUT2D eigenvalue weighted by Gasteiger charge is 2.14. The van der Waals surface area contributed by atoms with Crippen molar-refractivity contribution in [3.05, 3.63) is 0 Å². The Kier molecular flexibility index (Phi) is 8.65. The van der Waals surface area contributed by atoms with E-state index in [0.29, 0.717) is 12.6 Å². The Morgan fingerprint density at radius 2 is 1.89 bits per heavy atom. The van der Waals surface area contributed by atoms with Crippen molar-refractivity contribution in [2.45, 2.75) is 64.3 Å². The lowest BCUT2D eigenvalue weighted by molar-refractivity contribution is 0.129. The van der Waals surface area contributed by atoms with E-state index >= 15 is 0 Å². The van der Waals surface area contributed by atoms with Crippen molar-refractivity contribution in [3.63, 3.8) is 0 Å². The first-order valence-corrected chi connectivity index (χ1v) is 7.45. The number of rotatable bonds is 8. The fraction of sp³-hybridized carbons (Fsp3) is 0.929. The molecule has 106 valence electrons. The van der Waals surface area contributed by atoms with E-state index in [4.69, 9.17) is 4.74 Å². The number of unbranched alkanes of at least 4 members (excludes halogenated alkanes) is 1. The molecule has 0 heterocycles. The van der Waals surface area contributed by atoms with Gasteiger partial charge in [0, 0.05) is 25.8 Å². The molecule has 2 amide bonds. The van der Waals surface area contributed by atoms with Gasteiger partial charge in [0.05, 0.1) is 0 Å². The van der Waals surface area contributed by atoms with Crippen LogP contribution in [0.15, 0.2) is 0 Å². The SMILES string of the molecule is CCCCOCCCNC(=O)NC1CCCCC1. The highest BCUT2D eigenvalue weighted by molar-refractivity contribution is 5.74. The topological polar surface area (TPSA) is 50.4 Å². The summed E-state index contributed by atoms with van der Waals surface area (Å²) in [6.07, 6.45) is 9.25. The van der Waals surface area contributed by atoms with Gasteiger partial charge in [-0.2, -0.15) is 0 Å². The number of hydrogen-bond acceptors (Lipinski definition) is 2. The van der Waals surface area contributed by atoms with Gasteiger partial charge >= 0.3 is 6.03 Å². The maximum atomic E-state index is 11.6. The van der Waals surface area contributed by atoms with E-state index in [1.165, 1.54) is 25.7 Å². The highest BCUT2D eigenvalue weighted by Crippen LogP contribution is 2.16. The minimum absolute atomic E-state index is 0.0181. The van der Waals surface area contributed by atoms with E-state index < -0.39 is 0 Å². The Labute approximate surface area is 111 Å². The van der Waals surface area contributed by atoms with Gasteiger partial charge in [-0.05, 0) is 25.7 Å². The molecule has 1 aliphatic carbocycles. The number of urea groups is 1. The van der Waals surface area contributed by atoms with Crippen LogP contribution in [-0.2, 0) is 4.74 Å². The largest absolute Gasteiger partial charge is 0.381 e. The van der Waals surface area contributed by atoms with Crippen molar-refractivity contribution < 1.29 is 9.53 Å². The van der Waals surface area contributed by atoms with Gasteiger partial charge < -0.3 is 15.4 Å². The second kappa shape index (κ2) is 10.2. The van der Waals surface area contributed by atoms with Crippen molar-refractivity contribution in [3.8, 4) is 0 Å². The van der Waals surface area contributed by atoms with Gasteiger partial charge in [0.1, 0.15) is 0 Å². The second-order valence-corrected chi connectivity index (χ2v) is 5.05. The lowest BCUT2D eigenvalue weighted by Gasteiger charge is -2.22. The molecule has 0 aromatic rings. The Hall–Kier alpha value is -0.770. The van der Waals surface area contributed by atoms with Gasteiger partial charge in [-0.1, -0.05) is 32.6 Å². The van der Waals surface area contributed by atoms with Crippen LogP contribution >= 0.6 is 0 Å². The molecular weight excluding hydrogens is 228 g/mol. The average Bonchev–Trinajstić information content (AvgIpc) is 2.39. The zero-order chi connectivity index (χ0) is 13.1. The second-order valence-electron chi connectivity index (χ2n) is 5.05. The predicted molar refractivity (Wildman–Crippen MR) is 73.8 cm³/mol. The van der Waals surface area contributed by atoms with Crippen LogP contribution in [0, 0.1) is 0 Å². The molecule has 0 saturated heterocycles. The first kappa shape index (κ1) is 15.3. The molecule has 1 rings (SSSR count). The van der Waals surface area contributed by atoms with E-state index in [1.807, 2.05) is 0 Å². The smallest absolute Gasteiger partial charge is 0.315 e. The molecule has 0 aliphatic heterocycles. The third kappa shape index (κ3) is 7.54. The third-order valence-corrected chi connectivity index (χ3v) is 3.33. The van der Waals surface area contributed by atoms with Crippen LogP contribution in [-0.4, -0.2) is 31.8 Å². The summed E-state index contributed by atoms with van der Waals surface area (Å²) in [5.74, 6) is 0. The molecule has 0 bridgehead atoms. The van der Waals surface area contributed by atoms with Crippen LogP contribution < -0.4 is 10.6 Å². The predicted octanol–water partition coefficient (Wildman–Crippen LogP) is 2.83. The van der Waals surface area contributed by atoms with E-state index in [9.17, 15) is 4.79 Å². The van der Waals surface area contributed by atoms with Crippen LogP contribution in [0.4, 0.5) is 4.79 Å². The fourth-order valence-electron chi connectivity index (χ4n) is 2.21. The quantitative estimate of drug-likeness (QED) is 0.656. The summed E-state index contributed by atoms with van der Waals surface area (Å²) in [7, 11) is 0. The molecule has 0 spiro atoms. The molecule has 0 aromatic heterocycles. The van der Waals surface area contributed by atoms with Crippen molar-refractivity contribution in [1.29, 1.82) is 0 Å². The Morgan fingerprint density at radius 1 is 1.17 bits per heavy atom. The first-order chi connectivity index (χ1) is 8.83. The summed E-state index contributed by atoms with van der Waals surface area (Å²) in [6, 6.07) is 0.370. The standard InChI is InChI=1S/C14H28N2O2/c1-2-3-11-18-12-7-10-15-14(17)16-13-8-5-4-6-9-13/h13H,2-12H2,1H3,(H2,15,16,17). The summed E-state index contributed by atoms with van der Waals surface area (Å²) < 4.78 is 5.43. The molecule has 1 aliphatic rings. The minimum atomic E-state index is -0.0181. The van der Waals surface area contributed by atoms with Gasteiger partial charge in [-0.15, -0.1) is 0 Å². The van der Waals surface area contributed by atoms with Crippen molar-refractivity contribution in [1.82, 2.24) is 10.6 Å². The highest BCUT2D eigenvalue weighted by atomic mass is 16.5. The number of carbonyl (C=O) groups excluding carboxylic acids is 1. The Bertz CT molecular complexity index is 216. The van der Waals surface area contributed by atoms with Gasteiger partial charge in [0.25, 0.3) is 0 Å². The zero-order valence-electron chi connectivity index (χ0n) is 11.7. The van der Waals surface area contributed by atoms with Crippen LogP contribution in [0.2, 0.25) is 0 Å². The van der Waals surface area contributed by atoms with E-state index in [0.717, 1.165) is 38.9 Å². The molecule has 4 nitrogen and oxygen atoms in total. The van der Waals surface area contributed by atoms with Gasteiger partial charge in [-0.25, -0.2) is 4.79 Å². The summed E-state index contributed by atoms with van der Waals surface area (Å²) in [6.45, 7) is 4.43. The first-order valence-electron chi connectivity index (χ1n) is 7.45. The number of ether oxygens (including phenoxy) is 1. The summed E-state index contributed by atoms with van der Waals surface area (Å²) >= 11 is 0. The van der Waals surface area contributed by atoms with Gasteiger partial charge in [0.15, 0.2) is 0 Å². The Morgan fingerprint density at radius 3 is 2.61 bits per heavy atom. The van der Waals surface area contributed by atoms with Crippen LogP contribution in [0.25, 0.3) is 0 Å². The minimum Gasteiger partial charge on any atom is -0.381 e. The van der Waals surface area contributed by atoms with Crippen molar-refractivity contribution in [2.24, 2.45) is 0 Å². The van der Waals surface area contributed by atoms with Gasteiger partial charge in [0.2, 0.25) is 0 Å². The van der Waals surface area contributed by atoms with Gasteiger partial charge in [-0.3, -0.25) is 0 Å². The number of carbonyl (C=O) groups is 1. The van der Waals surface area contributed by atoms with Crippen molar-refractivity contribution >= 4 is 6.03 Å².